The van der Waals surface area contributed by atoms with Crippen LogP contribution in [0.5, 0.6) is 0 Å². The van der Waals surface area contributed by atoms with Crippen molar-refractivity contribution in [3.63, 3.8) is 0 Å². The molecule has 5 nitrogen and oxygen atoms in total. The van der Waals surface area contributed by atoms with Crippen molar-refractivity contribution in [1.29, 1.82) is 5.26 Å². The first-order chi connectivity index (χ1) is 9.26. The van der Waals surface area contributed by atoms with Gasteiger partial charge in [0.1, 0.15) is 6.04 Å². The summed E-state index contributed by atoms with van der Waals surface area (Å²) in [6.45, 7) is 3.52. The van der Waals surface area contributed by atoms with Crippen LogP contribution in [0.2, 0.25) is 0 Å². The number of hydrogen-bond donors (Lipinski definition) is 1. The minimum absolute atomic E-state index is 0.256. The third-order valence-electron chi connectivity index (χ3n) is 3.29. The number of carbonyl (C=O) groups excluding carboxylic acids is 1. The van der Waals surface area contributed by atoms with Gasteiger partial charge in [-0.2, -0.15) is 5.26 Å². The second-order valence-corrected chi connectivity index (χ2v) is 4.43. The lowest BCUT2D eigenvalue weighted by atomic mass is 10.0. The van der Waals surface area contributed by atoms with Crippen molar-refractivity contribution in [3.8, 4) is 6.07 Å². The molecule has 0 amide bonds. The molecule has 1 aromatic carbocycles. The maximum Gasteiger partial charge on any atom is 0.337 e. The molecular weight excluding hydrogens is 242 g/mol. The zero-order valence-electron chi connectivity index (χ0n) is 10.9. The molecule has 0 spiro atoms. The summed E-state index contributed by atoms with van der Waals surface area (Å²) in [5.74, 6) is -0.359. The van der Waals surface area contributed by atoms with Gasteiger partial charge in [0.2, 0.25) is 0 Å². The lowest BCUT2D eigenvalue weighted by molar-refractivity contribution is 0.0600. The second-order valence-electron chi connectivity index (χ2n) is 4.43. The molecule has 1 heterocycles. The molecule has 0 aliphatic carbocycles. The highest BCUT2D eigenvalue weighted by Gasteiger charge is 2.21. The number of carbonyl (C=O) groups is 1. The number of nitrogens with zero attached hydrogens (tertiary/aromatic N) is 2. The van der Waals surface area contributed by atoms with Crippen LogP contribution < -0.4 is 5.32 Å². The monoisotopic (exact) mass is 259 g/mol. The van der Waals surface area contributed by atoms with E-state index in [-0.39, 0.29) is 12.0 Å². The topological polar surface area (TPSA) is 65.4 Å². The molecule has 5 heteroatoms. The Hall–Kier alpha value is -1.90. The molecule has 1 aliphatic rings. The van der Waals surface area contributed by atoms with Crippen molar-refractivity contribution in [2.24, 2.45) is 0 Å². The van der Waals surface area contributed by atoms with Gasteiger partial charge in [-0.1, -0.05) is 12.1 Å². The predicted molar refractivity (Wildman–Crippen MR) is 70.6 cm³/mol. The zero-order chi connectivity index (χ0) is 13.7. The molecule has 1 unspecified atom stereocenters. The fourth-order valence-electron chi connectivity index (χ4n) is 2.23. The molecule has 1 fully saturated rings. The molecule has 1 N–H and O–H groups in total. The normalized spacial score (nSPS) is 17.5. The van der Waals surface area contributed by atoms with E-state index in [1.807, 2.05) is 12.1 Å². The van der Waals surface area contributed by atoms with Gasteiger partial charge >= 0.3 is 5.97 Å². The molecular formula is C14H17N3O2. The van der Waals surface area contributed by atoms with Gasteiger partial charge in [0.25, 0.3) is 0 Å². The van der Waals surface area contributed by atoms with Crippen molar-refractivity contribution < 1.29 is 9.53 Å². The molecule has 1 atom stereocenters. The maximum atomic E-state index is 11.4. The average Bonchev–Trinajstić information content (AvgIpc) is 2.49. The highest BCUT2D eigenvalue weighted by molar-refractivity contribution is 5.89. The number of ether oxygens (including phenoxy) is 1. The van der Waals surface area contributed by atoms with E-state index in [4.69, 9.17) is 0 Å². The average molecular weight is 259 g/mol. The number of esters is 1. The van der Waals surface area contributed by atoms with Gasteiger partial charge in [0.15, 0.2) is 0 Å². The van der Waals surface area contributed by atoms with Crippen LogP contribution in [0.25, 0.3) is 0 Å². The van der Waals surface area contributed by atoms with Crippen molar-refractivity contribution in [2.75, 3.05) is 33.3 Å². The van der Waals surface area contributed by atoms with Gasteiger partial charge in [-0.15, -0.1) is 0 Å². The highest BCUT2D eigenvalue weighted by Crippen LogP contribution is 2.21. The molecule has 0 aromatic heterocycles. The largest absolute Gasteiger partial charge is 0.465 e. The number of hydrogen-bond acceptors (Lipinski definition) is 5. The Morgan fingerprint density at radius 1 is 1.37 bits per heavy atom. The van der Waals surface area contributed by atoms with E-state index < -0.39 is 0 Å². The number of rotatable bonds is 3. The summed E-state index contributed by atoms with van der Waals surface area (Å²) in [5.41, 5.74) is 1.42. The summed E-state index contributed by atoms with van der Waals surface area (Å²) in [7, 11) is 1.36. The Morgan fingerprint density at radius 3 is 2.53 bits per heavy atom. The van der Waals surface area contributed by atoms with Crippen LogP contribution in [-0.2, 0) is 4.74 Å². The van der Waals surface area contributed by atoms with E-state index in [0.717, 1.165) is 31.7 Å². The van der Waals surface area contributed by atoms with E-state index in [0.29, 0.717) is 5.56 Å². The third-order valence-corrected chi connectivity index (χ3v) is 3.29. The maximum absolute atomic E-state index is 11.4. The van der Waals surface area contributed by atoms with Gasteiger partial charge in [-0.3, -0.25) is 4.90 Å². The fourth-order valence-corrected chi connectivity index (χ4v) is 2.23. The van der Waals surface area contributed by atoms with E-state index >= 15 is 0 Å². The van der Waals surface area contributed by atoms with E-state index in [1.54, 1.807) is 12.1 Å². The molecule has 100 valence electrons. The van der Waals surface area contributed by atoms with Crippen LogP contribution in [0.3, 0.4) is 0 Å². The Kier molecular flexibility index (Phi) is 4.50. The van der Waals surface area contributed by atoms with E-state index in [1.165, 1.54) is 7.11 Å². The SMILES string of the molecule is COC(=O)c1ccc(C(C#N)N2CCNCC2)cc1. The van der Waals surface area contributed by atoms with Crippen molar-refractivity contribution >= 4 is 5.97 Å². The minimum atomic E-state index is -0.359. The lowest BCUT2D eigenvalue weighted by Crippen LogP contribution is -2.44. The number of benzene rings is 1. The number of nitriles is 1. The van der Waals surface area contributed by atoms with E-state index in [9.17, 15) is 10.1 Å². The standard InChI is InChI=1S/C14H17N3O2/c1-19-14(18)12-4-2-11(3-5-12)13(10-15)17-8-6-16-7-9-17/h2-5,13,16H,6-9H2,1H3. The zero-order valence-corrected chi connectivity index (χ0v) is 10.9. The Balaban J connectivity index is 2.15. The van der Waals surface area contributed by atoms with Crippen LogP contribution in [0.1, 0.15) is 22.0 Å². The van der Waals surface area contributed by atoms with Crippen LogP contribution >= 0.6 is 0 Å². The first-order valence-corrected chi connectivity index (χ1v) is 6.29. The number of piperazine rings is 1. The number of methoxy groups -OCH3 is 1. The summed E-state index contributed by atoms with van der Waals surface area (Å²) in [6, 6.07) is 9.12. The lowest BCUT2D eigenvalue weighted by Gasteiger charge is -2.31. The molecule has 1 saturated heterocycles. The Labute approximate surface area is 112 Å². The summed E-state index contributed by atoms with van der Waals surface area (Å²) in [4.78, 5) is 13.5. The first-order valence-electron chi connectivity index (χ1n) is 6.29. The summed E-state index contributed by atoms with van der Waals surface area (Å²) in [5, 5.41) is 12.6. The molecule has 2 rings (SSSR count). The molecule has 0 bridgehead atoms. The van der Waals surface area contributed by atoms with Crippen LogP contribution in [0.15, 0.2) is 24.3 Å². The molecule has 1 aromatic rings. The molecule has 0 radical (unpaired) electrons. The van der Waals surface area contributed by atoms with Crippen molar-refractivity contribution in [3.05, 3.63) is 35.4 Å². The quantitative estimate of drug-likeness (QED) is 0.818. The highest BCUT2D eigenvalue weighted by atomic mass is 16.5. The summed E-state index contributed by atoms with van der Waals surface area (Å²) >= 11 is 0. The van der Waals surface area contributed by atoms with Crippen LogP contribution in [0.4, 0.5) is 0 Å². The Bertz CT molecular complexity index is 472. The first kappa shape index (κ1) is 13.5. The van der Waals surface area contributed by atoms with Crippen molar-refractivity contribution in [2.45, 2.75) is 6.04 Å². The fraction of sp³-hybridized carbons (Fsp3) is 0.429. The molecule has 1 aliphatic heterocycles. The van der Waals surface area contributed by atoms with Gasteiger partial charge in [0.05, 0.1) is 18.7 Å². The summed E-state index contributed by atoms with van der Waals surface area (Å²) in [6.07, 6.45) is 0. The van der Waals surface area contributed by atoms with E-state index in [2.05, 4.69) is 21.0 Å². The predicted octanol–water partition coefficient (Wildman–Crippen LogP) is 0.943. The van der Waals surface area contributed by atoms with Gasteiger partial charge in [-0.05, 0) is 17.7 Å². The van der Waals surface area contributed by atoms with Crippen LogP contribution in [0, 0.1) is 11.3 Å². The van der Waals surface area contributed by atoms with Gasteiger partial charge < -0.3 is 10.1 Å². The smallest absolute Gasteiger partial charge is 0.337 e. The van der Waals surface area contributed by atoms with Crippen molar-refractivity contribution in [1.82, 2.24) is 10.2 Å². The third kappa shape index (κ3) is 3.11. The van der Waals surface area contributed by atoms with Gasteiger partial charge in [-0.25, -0.2) is 4.79 Å². The second kappa shape index (κ2) is 6.32. The Morgan fingerprint density at radius 2 is 2.00 bits per heavy atom. The minimum Gasteiger partial charge on any atom is -0.465 e. The molecule has 19 heavy (non-hydrogen) atoms. The van der Waals surface area contributed by atoms with Gasteiger partial charge in [0, 0.05) is 26.2 Å². The molecule has 0 saturated carbocycles. The number of nitrogens with one attached hydrogen (secondary N) is 1. The summed E-state index contributed by atoms with van der Waals surface area (Å²) < 4.78 is 4.66. The van der Waals surface area contributed by atoms with Crippen LogP contribution in [-0.4, -0.2) is 44.2 Å².